The molecular weight excluding hydrogens is 318 g/mol. The molecule has 2 aromatic carbocycles. The summed E-state index contributed by atoms with van der Waals surface area (Å²) < 4.78 is 31.8. The first-order valence-corrected chi connectivity index (χ1v) is 8.32. The first kappa shape index (κ1) is 17.0. The quantitative estimate of drug-likeness (QED) is 0.787. The van der Waals surface area contributed by atoms with E-state index in [0.717, 1.165) is 0 Å². The Balaban J connectivity index is 2.22. The number of carbonyl (C=O) groups excluding carboxylic acids is 1. The molecule has 7 heteroatoms. The molecule has 1 atom stereocenters. The van der Waals surface area contributed by atoms with Crippen LogP contribution in [0, 0.1) is 0 Å². The van der Waals surface area contributed by atoms with Crippen molar-refractivity contribution in [2.45, 2.75) is 17.4 Å². The summed E-state index contributed by atoms with van der Waals surface area (Å²) in [5, 5.41) is 11.3. The van der Waals surface area contributed by atoms with Crippen molar-refractivity contribution in [3.05, 3.63) is 60.2 Å². The highest BCUT2D eigenvalue weighted by Crippen LogP contribution is 2.17. The maximum atomic E-state index is 12.3. The Morgan fingerprint density at radius 1 is 1.17 bits per heavy atom. The van der Waals surface area contributed by atoms with E-state index < -0.39 is 22.0 Å². The molecule has 2 rings (SSSR count). The zero-order valence-electron chi connectivity index (χ0n) is 12.4. The SMILES string of the molecule is COc1cccc(S(=O)(=O)N[C@@H](Cc2ccccc2)C(=O)[O-])c1. The maximum absolute atomic E-state index is 12.3. The van der Waals surface area contributed by atoms with Gasteiger partial charge in [-0.2, -0.15) is 0 Å². The molecule has 0 aliphatic rings. The van der Waals surface area contributed by atoms with Gasteiger partial charge in [0.05, 0.1) is 24.0 Å². The summed E-state index contributed by atoms with van der Waals surface area (Å²) in [6, 6.07) is 13.1. The number of hydrogen-bond donors (Lipinski definition) is 1. The highest BCUT2D eigenvalue weighted by atomic mass is 32.2. The summed E-state index contributed by atoms with van der Waals surface area (Å²) in [4.78, 5) is 11.2. The molecule has 1 N–H and O–H groups in total. The van der Waals surface area contributed by atoms with Gasteiger partial charge in [-0.1, -0.05) is 36.4 Å². The van der Waals surface area contributed by atoms with Gasteiger partial charge in [0.2, 0.25) is 10.0 Å². The van der Waals surface area contributed by atoms with Crippen LogP contribution in [0.1, 0.15) is 5.56 Å². The van der Waals surface area contributed by atoms with Crippen LogP contribution in [0.25, 0.3) is 0 Å². The van der Waals surface area contributed by atoms with Gasteiger partial charge in [0.1, 0.15) is 5.75 Å². The van der Waals surface area contributed by atoms with E-state index in [9.17, 15) is 18.3 Å². The van der Waals surface area contributed by atoms with Crippen LogP contribution in [-0.2, 0) is 21.2 Å². The van der Waals surface area contributed by atoms with Crippen LogP contribution in [0.4, 0.5) is 0 Å². The third-order valence-corrected chi connectivity index (χ3v) is 4.69. The molecule has 0 aromatic heterocycles. The number of rotatable bonds is 7. The van der Waals surface area contributed by atoms with Gasteiger partial charge in [-0.3, -0.25) is 0 Å². The number of hydrogen-bond acceptors (Lipinski definition) is 5. The van der Waals surface area contributed by atoms with Gasteiger partial charge in [0, 0.05) is 6.07 Å². The molecule has 0 radical (unpaired) electrons. The summed E-state index contributed by atoms with van der Waals surface area (Å²) in [7, 11) is -2.59. The molecule has 0 saturated heterocycles. The van der Waals surface area contributed by atoms with E-state index in [1.54, 1.807) is 36.4 Å². The predicted octanol–water partition coefficient (Wildman–Crippen LogP) is 0.335. The van der Waals surface area contributed by atoms with Crippen LogP contribution in [0.2, 0.25) is 0 Å². The van der Waals surface area contributed by atoms with Crippen LogP contribution in [-0.4, -0.2) is 27.5 Å². The van der Waals surface area contributed by atoms with Crippen molar-refractivity contribution in [1.29, 1.82) is 0 Å². The van der Waals surface area contributed by atoms with E-state index in [4.69, 9.17) is 4.74 Å². The van der Waals surface area contributed by atoms with Gasteiger partial charge in [-0.25, -0.2) is 13.1 Å². The molecule has 0 heterocycles. The molecule has 6 nitrogen and oxygen atoms in total. The molecule has 0 saturated carbocycles. The largest absolute Gasteiger partial charge is 0.548 e. The number of nitrogens with one attached hydrogen (secondary N) is 1. The Morgan fingerprint density at radius 2 is 1.87 bits per heavy atom. The number of benzene rings is 2. The van der Waals surface area contributed by atoms with Crippen LogP contribution >= 0.6 is 0 Å². The molecule has 2 aromatic rings. The van der Waals surface area contributed by atoms with E-state index in [2.05, 4.69) is 4.72 Å². The molecule has 0 amide bonds. The molecular formula is C16H16NO5S-. The van der Waals surface area contributed by atoms with E-state index in [1.807, 2.05) is 0 Å². The number of carboxylic acid groups (broad SMARTS) is 1. The Kier molecular flexibility index (Phi) is 5.36. The third kappa shape index (κ3) is 4.54. The molecule has 0 aliphatic carbocycles. The first-order valence-electron chi connectivity index (χ1n) is 6.83. The van der Waals surface area contributed by atoms with Gasteiger partial charge in [0.15, 0.2) is 0 Å². The van der Waals surface area contributed by atoms with Crippen LogP contribution in [0.3, 0.4) is 0 Å². The van der Waals surface area contributed by atoms with Gasteiger partial charge in [-0.15, -0.1) is 0 Å². The third-order valence-electron chi connectivity index (χ3n) is 3.22. The summed E-state index contributed by atoms with van der Waals surface area (Å²) in [6.07, 6.45) is -0.00757. The van der Waals surface area contributed by atoms with E-state index >= 15 is 0 Å². The molecule has 23 heavy (non-hydrogen) atoms. The standard InChI is InChI=1S/C16H17NO5S/c1-22-13-8-5-9-14(11-13)23(20,21)17-15(16(18)19)10-12-6-3-2-4-7-12/h2-9,11,15,17H,10H2,1H3,(H,18,19)/p-1/t15-/m0/s1. The molecule has 0 spiro atoms. The van der Waals surface area contributed by atoms with Crippen molar-refractivity contribution in [3.63, 3.8) is 0 Å². The lowest BCUT2D eigenvalue weighted by Crippen LogP contribution is -2.49. The van der Waals surface area contributed by atoms with Crippen LogP contribution in [0.5, 0.6) is 5.75 Å². The first-order chi connectivity index (χ1) is 10.9. The Hall–Kier alpha value is -2.38. The van der Waals surface area contributed by atoms with Gasteiger partial charge in [0.25, 0.3) is 0 Å². The van der Waals surface area contributed by atoms with Crippen LogP contribution in [0.15, 0.2) is 59.5 Å². The number of ether oxygens (including phenoxy) is 1. The van der Waals surface area contributed by atoms with Gasteiger partial charge < -0.3 is 14.6 Å². The fourth-order valence-corrected chi connectivity index (χ4v) is 3.27. The topological polar surface area (TPSA) is 95.5 Å². The van der Waals surface area contributed by atoms with E-state index in [0.29, 0.717) is 11.3 Å². The van der Waals surface area contributed by atoms with Crippen molar-refractivity contribution in [1.82, 2.24) is 4.72 Å². The molecule has 122 valence electrons. The van der Waals surface area contributed by atoms with Crippen molar-refractivity contribution in [2.24, 2.45) is 0 Å². The Morgan fingerprint density at radius 3 is 2.48 bits per heavy atom. The lowest BCUT2D eigenvalue weighted by Gasteiger charge is -2.20. The van der Waals surface area contributed by atoms with Gasteiger partial charge in [-0.05, 0) is 24.1 Å². The monoisotopic (exact) mass is 334 g/mol. The zero-order chi connectivity index (χ0) is 16.9. The number of sulfonamides is 1. The molecule has 0 bridgehead atoms. The smallest absolute Gasteiger partial charge is 0.241 e. The number of carboxylic acids is 1. The minimum absolute atomic E-state index is 0.00757. The van der Waals surface area contributed by atoms with Gasteiger partial charge >= 0.3 is 0 Å². The van der Waals surface area contributed by atoms with Crippen molar-refractivity contribution >= 4 is 16.0 Å². The lowest BCUT2D eigenvalue weighted by atomic mass is 10.1. The summed E-state index contributed by atoms with van der Waals surface area (Å²) in [5.41, 5.74) is 0.690. The van der Waals surface area contributed by atoms with E-state index in [1.165, 1.54) is 25.3 Å². The van der Waals surface area contributed by atoms with Crippen molar-refractivity contribution in [2.75, 3.05) is 7.11 Å². The second-order valence-corrected chi connectivity index (χ2v) is 6.58. The van der Waals surface area contributed by atoms with Crippen molar-refractivity contribution < 1.29 is 23.1 Å². The predicted molar refractivity (Wildman–Crippen MR) is 82.3 cm³/mol. The number of methoxy groups -OCH3 is 1. The number of carbonyl (C=O) groups is 1. The fourth-order valence-electron chi connectivity index (χ4n) is 2.05. The summed E-state index contributed by atoms with van der Waals surface area (Å²) >= 11 is 0. The zero-order valence-corrected chi connectivity index (χ0v) is 13.2. The summed E-state index contributed by atoms with van der Waals surface area (Å²) in [6.45, 7) is 0. The fraction of sp³-hybridized carbons (Fsp3) is 0.188. The highest BCUT2D eigenvalue weighted by Gasteiger charge is 2.21. The average Bonchev–Trinajstić information content (AvgIpc) is 2.55. The molecule has 0 aliphatic heterocycles. The second-order valence-electron chi connectivity index (χ2n) is 4.86. The lowest BCUT2D eigenvalue weighted by molar-refractivity contribution is -0.307. The normalized spacial score (nSPS) is 12.6. The Labute approximate surface area is 134 Å². The average molecular weight is 334 g/mol. The van der Waals surface area contributed by atoms with Crippen LogP contribution < -0.4 is 14.6 Å². The second kappa shape index (κ2) is 7.26. The Bertz CT molecular complexity index is 774. The minimum Gasteiger partial charge on any atom is -0.548 e. The number of aliphatic carboxylic acids is 1. The molecule has 0 fully saturated rings. The molecule has 0 unspecified atom stereocenters. The minimum atomic E-state index is -4.01. The maximum Gasteiger partial charge on any atom is 0.241 e. The summed E-state index contributed by atoms with van der Waals surface area (Å²) in [5.74, 6) is -1.12. The highest BCUT2D eigenvalue weighted by molar-refractivity contribution is 7.89. The van der Waals surface area contributed by atoms with Crippen molar-refractivity contribution in [3.8, 4) is 5.75 Å². The van der Waals surface area contributed by atoms with E-state index in [-0.39, 0.29) is 11.3 Å².